The lowest BCUT2D eigenvalue weighted by Crippen LogP contribution is -2.44. The number of carbonyl (C=O) groups excluding carboxylic acids is 1. The van der Waals surface area contributed by atoms with Crippen LogP contribution in [0.25, 0.3) is 0 Å². The molecule has 104 valence electrons. The maximum atomic E-state index is 12.1. The van der Waals surface area contributed by atoms with E-state index in [1.807, 2.05) is 31.3 Å². The third kappa shape index (κ3) is 4.60. The summed E-state index contributed by atoms with van der Waals surface area (Å²) in [4.78, 5) is 13.9. The largest absolute Gasteiger partial charge is 0.378 e. The average Bonchev–Trinajstić information content (AvgIpc) is 2.40. The van der Waals surface area contributed by atoms with E-state index in [9.17, 15) is 4.79 Å². The molecule has 4 nitrogen and oxygen atoms in total. The molecule has 1 aromatic carbocycles. The van der Waals surface area contributed by atoms with E-state index in [0.717, 1.165) is 23.2 Å². The van der Waals surface area contributed by atoms with Crippen LogP contribution in [0.1, 0.15) is 12.0 Å². The van der Waals surface area contributed by atoms with E-state index in [1.165, 1.54) is 0 Å². The quantitative estimate of drug-likeness (QED) is 0.917. The number of benzene rings is 1. The minimum atomic E-state index is 0.142. The number of amides is 1. The van der Waals surface area contributed by atoms with E-state index in [2.05, 4.69) is 21.2 Å². The minimum absolute atomic E-state index is 0.142. The van der Waals surface area contributed by atoms with E-state index in [0.29, 0.717) is 19.6 Å². The molecule has 0 spiro atoms. The van der Waals surface area contributed by atoms with E-state index in [4.69, 9.17) is 4.74 Å². The molecule has 1 atom stereocenters. The summed E-state index contributed by atoms with van der Waals surface area (Å²) in [5.74, 6) is 0.142. The standard InChI is InChI=1S/C14H19BrN2O2/c1-17(9-11-3-2-4-12(15)7-11)14(18)8-13-10-19-6-5-16-13/h2-4,7,13,16H,5-6,8-10H2,1H3. The molecule has 1 aliphatic heterocycles. The van der Waals surface area contributed by atoms with Gasteiger partial charge in [-0.2, -0.15) is 0 Å². The first kappa shape index (κ1) is 14.5. The van der Waals surface area contributed by atoms with Gasteiger partial charge < -0.3 is 15.0 Å². The highest BCUT2D eigenvalue weighted by Crippen LogP contribution is 2.13. The molecular weight excluding hydrogens is 308 g/mol. The number of hydrogen-bond acceptors (Lipinski definition) is 3. The van der Waals surface area contributed by atoms with Gasteiger partial charge in [0.05, 0.1) is 13.2 Å². The number of morpholine rings is 1. The third-order valence-corrected chi connectivity index (χ3v) is 3.65. The Morgan fingerprint density at radius 3 is 3.11 bits per heavy atom. The van der Waals surface area contributed by atoms with Gasteiger partial charge in [-0.3, -0.25) is 4.79 Å². The van der Waals surface area contributed by atoms with Gasteiger partial charge in [0, 0.05) is 37.1 Å². The molecule has 1 fully saturated rings. The SMILES string of the molecule is CN(Cc1cccc(Br)c1)C(=O)CC1COCCN1. The summed E-state index contributed by atoms with van der Waals surface area (Å²) >= 11 is 3.44. The second kappa shape index (κ2) is 7.03. The first-order valence-electron chi connectivity index (χ1n) is 6.44. The van der Waals surface area contributed by atoms with Crippen LogP contribution >= 0.6 is 15.9 Å². The number of ether oxygens (including phenoxy) is 1. The van der Waals surface area contributed by atoms with Gasteiger partial charge in [0.2, 0.25) is 5.91 Å². The molecule has 1 unspecified atom stereocenters. The zero-order chi connectivity index (χ0) is 13.7. The highest BCUT2D eigenvalue weighted by atomic mass is 79.9. The van der Waals surface area contributed by atoms with Crippen molar-refractivity contribution in [2.24, 2.45) is 0 Å². The molecule has 1 aromatic rings. The van der Waals surface area contributed by atoms with Crippen LogP contribution in [-0.2, 0) is 16.1 Å². The molecule has 1 heterocycles. The Hall–Kier alpha value is -0.910. The Morgan fingerprint density at radius 2 is 2.42 bits per heavy atom. The molecule has 2 rings (SSSR count). The Balaban J connectivity index is 1.84. The van der Waals surface area contributed by atoms with Crippen LogP contribution in [0.15, 0.2) is 28.7 Å². The van der Waals surface area contributed by atoms with E-state index >= 15 is 0 Å². The van der Waals surface area contributed by atoms with Crippen LogP contribution in [0.3, 0.4) is 0 Å². The maximum Gasteiger partial charge on any atom is 0.224 e. The number of rotatable bonds is 4. The van der Waals surface area contributed by atoms with Crippen LogP contribution in [0.5, 0.6) is 0 Å². The van der Waals surface area contributed by atoms with Gasteiger partial charge in [-0.25, -0.2) is 0 Å². The summed E-state index contributed by atoms with van der Waals surface area (Å²) in [7, 11) is 1.84. The number of nitrogens with one attached hydrogen (secondary N) is 1. The maximum absolute atomic E-state index is 12.1. The van der Waals surface area contributed by atoms with Crippen molar-refractivity contribution >= 4 is 21.8 Å². The predicted molar refractivity (Wildman–Crippen MR) is 77.8 cm³/mol. The highest BCUT2D eigenvalue weighted by molar-refractivity contribution is 9.10. The highest BCUT2D eigenvalue weighted by Gasteiger charge is 2.19. The van der Waals surface area contributed by atoms with Gasteiger partial charge in [0.1, 0.15) is 0 Å². The van der Waals surface area contributed by atoms with Crippen molar-refractivity contribution in [3.63, 3.8) is 0 Å². The summed E-state index contributed by atoms with van der Waals surface area (Å²) in [6, 6.07) is 8.16. The normalized spacial score (nSPS) is 19.2. The van der Waals surface area contributed by atoms with Crippen LogP contribution in [0.4, 0.5) is 0 Å². The summed E-state index contributed by atoms with van der Waals surface area (Å²) in [6.07, 6.45) is 0.491. The van der Waals surface area contributed by atoms with Crippen molar-refractivity contribution in [3.05, 3.63) is 34.3 Å². The number of halogens is 1. The molecule has 1 aliphatic rings. The second-order valence-corrected chi connectivity index (χ2v) is 5.73. The Bertz CT molecular complexity index is 433. The fourth-order valence-electron chi connectivity index (χ4n) is 2.11. The number of nitrogens with zero attached hydrogens (tertiary/aromatic N) is 1. The Labute approximate surface area is 122 Å². The summed E-state index contributed by atoms with van der Waals surface area (Å²) in [5.41, 5.74) is 1.12. The van der Waals surface area contributed by atoms with Crippen molar-refractivity contribution in [1.82, 2.24) is 10.2 Å². The number of carbonyl (C=O) groups is 1. The molecule has 5 heteroatoms. The van der Waals surface area contributed by atoms with Crippen LogP contribution in [0.2, 0.25) is 0 Å². The van der Waals surface area contributed by atoms with Crippen molar-refractivity contribution in [1.29, 1.82) is 0 Å². The van der Waals surface area contributed by atoms with Crippen molar-refractivity contribution in [2.75, 3.05) is 26.8 Å². The molecule has 1 amide bonds. The minimum Gasteiger partial charge on any atom is -0.378 e. The molecule has 0 aliphatic carbocycles. The van der Waals surface area contributed by atoms with Crippen molar-refractivity contribution in [2.45, 2.75) is 19.0 Å². The topological polar surface area (TPSA) is 41.6 Å². The van der Waals surface area contributed by atoms with Crippen molar-refractivity contribution in [3.8, 4) is 0 Å². The van der Waals surface area contributed by atoms with Gasteiger partial charge in [0.15, 0.2) is 0 Å². The van der Waals surface area contributed by atoms with Crippen LogP contribution in [-0.4, -0.2) is 43.7 Å². The van der Waals surface area contributed by atoms with Gasteiger partial charge in [-0.1, -0.05) is 28.1 Å². The van der Waals surface area contributed by atoms with Gasteiger partial charge in [-0.05, 0) is 17.7 Å². The van der Waals surface area contributed by atoms with Crippen LogP contribution in [0, 0.1) is 0 Å². The summed E-state index contributed by atoms with van der Waals surface area (Å²) in [6.45, 7) is 2.81. The average molecular weight is 327 g/mol. The van der Waals surface area contributed by atoms with E-state index < -0.39 is 0 Å². The van der Waals surface area contributed by atoms with E-state index in [1.54, 1.807) is 4.90 Å². The summed E-state index contributed by atoms with van der Waals surface area (Å²) in [5, 5.41) is 3.30. The fourth-order valence-corrected chi connectivity index (χ4v) is 2.56. The Morgan fingerprint density at radius 1 is 1.58 bits per heavy atom. The zero-order valence-electron chi connectivity index (χ0n) is 11.1. The van der Waals surface area contributed by atoms with Crippen LogP contribution < -0.4 is 5.32 Å². The molecule has 1 N–H and O–H groups in total. The fraction of sp³-hybridized carbons (Fsp3) is 0.500. The monoisotopic (exact) mass is 326 g/mol. The number of hydrogen-bond donors (Lipinski definition) is 1. The molecule has 0 bridgehead atoms. The third-order valence-electron chi connectivity index (χ3n) is 3.15. The smallest absolute Gasteiger partial charge is 0.224 e. The van der Waals surface area contributed by atoms with Gasteiger partial charge in [0.25, 0.3) is 0 Å². The molecule has 0 aromatic heterocycles. The van der Waals surface area contributed by atoms with Crippen molar-refractivity contribution < 1.29 is 9.53 Å². The van der Waals surface area contributed by atoms with Gasteiger partial charge >= 0.3 is 0 Å². The first-order chi connectivity index (χ1) is 9.15. The van der Waals surface area contributed by atoms with Gasteiger partial charge in [-0.15, -0.1) is 0 Å². The molecule has 1 saturated heterocycles. The first-order valence-corrected chi connectivity index (χ1v) is 7.24. The lowest BCUT2D eigenvalue weighted by Gasteiger charge is -2.25. The molecule has 0 radical (unpaired) electrons. The molecule has 19 heavy (non-hydrogen) atoms. The second-order valence-electron chi connectivity index (χ2n) is 4.81. The lowest BCUT2D eigenvalue weighted by molar-refractivity contribution is -0.131. The zero-order valence-corrected chi connectivity index (χ0v) is 12.6. The molecular formula is C14H19BrN2O2. The Kier molecular flexibility index (Phi) is 5.36. The lowest BCUT2D eigenvalue weighted by atomic mass is 10.1. The van der Waals surface area contributed by atoms with E-state index in [-0.39, 0.29) is 11.9 Å². The summed E-state index contributed by atoms with van der Waals surface area (Å²) < 4.78 is 6.39. The molecule has 0 saturated carbocycles. The predicted octanol–water partition coefficient (Wildman–Crippen LogP) is 1.79.